The summed E-state index contributed by atoms with van der Waals surface area (Å²) < 4.78 is 128. The summed E-state index contributed by atoms with van der Waals surface area (Å²) in [6.07, 6.45) is 5.62. The van der Waals surface area contributed by atoms with E-state index in [4.69, 9.17) is 14.2 Å². The van der Waals surface area contributed by atoms with Gasteiger partial charge in [-0.1, -0.05) is 42.5 Å². The Morgan fingerprint density at radius 3 is 1.77 bits per heavy atom. The van der Waals surface area contributed by atoms with E-state index < -0.39 is 67.9 Å². The van der Waals surface area contributed by atoms with Gasteiger partial charge in [-0.2, -0.15) is 17.6 Å². The zero-order chi connectivity index (χ0) is 47.5. The molecule has 3 aromatic carbocycles. The summed E-state index contributed by atoms with van der Waals surface area (Å²) in [4.78, 5) is 41.7. The number of aryl methyl sites for hydroxylation is 2. The second-order valence-electron chi connectivity index (χ2n) is 15.4. The highest BCUT2D eigenvalue weighted by molar-refractivity contribution is 7.90. The first kappa shape index (κ1) is 47.3. The second-order valence-corrected chi connectivity index (χ2v) is 19.8. The molecule has 0 amide bonds. The van der Waals surface area contributed by atoms with Crippen molar-refractivity contribution in [3.05, 3.63) is 128 Å². The molecule has 0 bridgehead atoms. The van der Waals surface area contributed by atoms with Crippen molar-refractivity contribution >= 4 is 42.0 Å². The number of halogens is 4. The second kappa shape index (κ2) is 19.4. The van der Waals surface area contributed by atoms with Crippen molar-refractivity contribution in [2.75, 3.05) is 37.2 Å². The van der Waals surface area contributed by atoms with Crippen molar-refractivity contribution in [2.45, 2.75) is 52.0 Å². The van der Waals surface area contributed by atoms with Crippen molar-refractivity contribution in [1.29, 1.82) is 0 Å². The molecule has 7 aromatic rings. The predicted octanol–water partition coefficient (Wildman–Crippen LogP) is 6.62. The normalized spacial score (nSPS) is 13.1. The van der Waals surface area contributed by atoms with Gasteiger partial charge in [0.2, 0.25) is 0 Å². The Hall–Kier alpha value is -6.68. The summed E-state index contributed by atoms with van der Waals surface area (Å²) in [5, 5.41) is 0. The lowest BCUT2D eigenvalue weighted by atomic mass is 10.1. The van der Waals surface area contributed by atoms with Gasteiger partial charge < -0.3 is 28.9 Å². The zero-order valence-corrected chi connectivity index (χ0v) is 37.5. The third-order valence-corrected chi connectivity index (χ3v) is 12.4. The van der Waals surface area contributed by atoms with Crippen LogP contribution in [0.1, 0.15) is 47.7 Å². The predicted molar refractivity (Wildman–Crippen MR) is 238 cm³/mol. The van der Waals surface area contributed by atoms with E-state index in [0.717, 1.165) is 18.1 Å². The quantitative estimate of drug-likeness (QED) is 0.0611. The van der Waals surface area contributed by atoms with E-state index in [9.17, 15) is 44.0 Å². The van der Waals surface area contributed by atoms with Crippen LogP contribution in [0.3, 0.4) is 0 Å². The van der Waals surface area contributed by atoms with Crippen LogP contribution < -0.4 is 30.3 Å². The summed E-state index contributed by atoms with van der Waals surface area (Å²) in [6.45, 7) is -3.04. The van der Waals surface area contributed by atoms with Crippen LogP contribution in [-0.2, 0) is 26.1 Å². The molecule has 0 aliphatic heterocycles. The average Bonchev–Trinajstić information content (AvgIpc) is 3.76. The number of H-pyrrole nitrogens is 2. The largest absolute Gasteiger partial charge is 0.490 e. The molecule has 0 radical (unpaired) electrons. The number of benzene rings is 3. The third-order valence-electron chi connectivity index (χ3n) is 10.6. The first-order valence-corrected chi connectivity index (χ1v) is 24.4. The monoisotopic (exact) mass is 956 g/mol. The molecule has 16 nitrogen and oxygen atoms in total. The van der Waals surface area contributed by atoms with Gasteiger partial charge in [0.1, 0.15) is 19.7 Å². The number of hydrogen-bond donors (Lipinski definition) is 2. The maximum atomic E-state index is 13.6. The molecule has 4 heterocycles. The van der Waals surface area contributed by atoms with E-state index in [0.29, 0.717) is 34.1 Å². The topological polar surface area (TPSA) is 207 Å². The number of alkyl halides is 4. The van der Waals surface area contributed by atoms with Crippen molar-refractivity contribution < 1.29 is 53.3 Å². The van der Waals surface area contributed by atoms with Crippen LogP contribution in [-0.4, -0.2) is 96.4 Å². The first-order valence-electron chi connectivity index (χ1n) is 20.3. The minimum atomic E-state index is -3.77. The van der Waals surface area contributed by atoms with Gasteiger partial charge in [0.25, 0.3) is 0 Å². The van der Waals surface area contributed by atoms with Crippen LogP contribution in [0.4, 0.5) is 17.6 Å². The van der Waals surface area contributed by atoms with Gasteiger partial charge in [-0.25, -0.2) is 36.4 Å². The fraction of sp³-hybridized carbons (Fsp3) is 0.318. The van der Waals surface area contributed by atoms with E-state index in [1.54, 1.807) is 26.1 Å². The fourth-order valence-corrected chi connectivity index (χ4v) is 9.58. The Kier molecular flexibility index (Phi) is 13.9. The summed E-state index contributed by atoms with van der Waals surface area (Å²) in [6, 6.07) is 16.5. The van der Waals surface area contributed by atoms with Gasteiger partial charge in [-0.15, -0.1) is 0 Å². The number of rotatable bonds is 20. The molecule has 0 aliphatic rings. The van der Waals surface area contributed by atoms with Crippen molar-refractivity contribution in [3.8, 4) is 34.1 Å². The van der Waals surface area contributed by atoms with E-state index >= 15 is 0 Å². The maximum Gasteiger partial charge on any atom is 0.387 e. The molecule has 22 heteroatoms. The van der Waals surface area contributed by atoms with Gasteiger partial charge in [0, 0.05) is 30.5 Å². The number of aromatic nitrogens is 6. The van der Waals surface area contributed by atoms with E-state index in [1.165, 1.54) is 51.7 Å². The molecule has 350 valence electrons. The summed E-state index contributed by atoms with van der Waals surface area (Å²) in [5.74, 6) is -1.95. The molecular formula is C44H44F4N6O10S2. The van der Waals surface area contributed by atoms with Gasteiger partial charge >= 0.3 is 24.6 Å². The van der Waals surface area contributed by atoms with Gasteiger partial charge in [0.05, 0.1) is 47.8 Å². The van der Waals surface area contributed by atoms with Crippen LogP contribution in [0.15, 0.2) is 94.8 Å². The third kappa shape index (κ3) is 10.9. The first-order chi connectivity index (χ1) is 31.3. The summed E-state index contributed by atoms with van der Waals surface area (Å²) in [7, 11) is -7.52. The van der Waals surface area contributed by atoms with Crippen molar-refractivity contribution in [1.82, 2.24) is 29.1 Å². The fourth-order valence-electron chi connectivity index (χ4n) is 7.75. The highest BCUT2D eigenvalue weighted by atomic mass is 32.2. The van der Waals surface area contributed by atoms with Gasteiger partial charge in [-0.3, -0.25) is 9.13 Å². The van der Waals surface area contributed by atoms with Crippen LogP contribution in [0.2, 0.25) is 0 Å². The molecule has 7 rings (SSSR count). The number of hydrogen-bond acceptors (Lipinski definition) is 12. The highest BCUT2D eigenvalue weighted by Crippen LogP contribution is 2.36. The molecular weight excluding hydrogens is 913 g/mol. The summed E-state index contributed by atoms with van der Waals surface area (Å²) >= 11 is 0. The molecule has 0 saturated heterocycles. The lowest BCUT2D eigenvalue weighted by Crippen LogP contribution is -2.28. The Bertz CT molecular complexity index is 3230. The number of imidazole rings is 2. The van der Waals surface area contributed by atoms with Crippen LogP contribution >= 0.6 is 0 Å². The molecule has 0 unspecified atom stereocenters. The Morgan fingerprint density at radius 1 is 0.667 bits per heavy atom. The molecule has 0 aliphatic carbocycles. The minimum Gasteiger partial charge on any atom is -0.490 e. The van der Waals surface area contributed by atoms with Gasteiger partial charge in [-0.05, 0) is 84.8 Å². The van der Waals surface area contributed by atoms with Crippen molar-refractivity contribution in [3.63, 3.8) is 0 Å². The number of sulfone groups is 2. The molecule has 2 atom stereocenters. The average molecular weight is 957 g/mol. The number of ether oxygens (including phenoxy) is 4. The van der Waals surface area contributed by atoms with Crippen LogP contribution in [0.25, 0.3) is 33.5 Å². The zero-order valence-electron chi connectivity index (χ0n) is 35.8. The molecule has 0 saturated carbocycles. The summed E-state index contributed by atoms with van der Waals surface area (Å²) in [5.41, 5.74) is 2.85. The number of nitrogens with zero attached hydrogens (tertiary/aromatic N) is 4. The molecule has 4 aromatic heterocycles. The van der Waals surface area contributed by atoms with E-state index in [-0.39, 0.29) is 65.1 Å². The number of fused-ring (bicyclic) bond motifs is 2. The molecule has 66 heavy (non-hydrogen) atoms. The lowest BCUT2D eigenvalue weighted by molar-refractivity contribution is -0.0521. The standard InChI is InChI=1S/C44H44F4N6O10S2/c1-5-61-36-19-27(13-15-34(36)63-41(45)46)33(24-66(4,59)60)54-40-38(52-44(54)56)25(2)29(21-50-40)12-9-17-62-37-20-28(14-16-35(37)64-42(47)48)32(23-65(3,57)58)53-39-31(51-43(53)55)18-30(22-49-39)26-10-7-6-8-11-26/h6-8,10-11,13-16,18-22,32-33,41-42H,5,9,12,17,23-24H2,1-4H3,(H,51,55)(H,52,56)/t32-,33-/m0/s1. The smallest absolute Gasteiger partial charge is 0.387 e. The number of aromatic amines is 2. The van der Waals surface area contributed by atoms with Gasteiger partial charge in [0.15, 0.2) is 34.3 Å². The van der Waals surface area contributed by atoms with Crippen LogP contribution in [0, 0.1) is 6.92 Å². The van der Waals surface area contributed by atoms with E-state index in [2.05, 4.69) is 24.7 Å². The SMILES string of the molecule is CCOc1cc([C@H](CS(C)(=O)=O)n2c(=O)[nH]c3c(C)c(CCCOc4cc([C@H](CS(C)(=O)=O)n5c(=O)[nH]c6cc(-c7ccccc7)cnc65)ccc4OC(F)F)cnc32)ccc1OC(F)F. The molecule has 0 fully saturated rings. The lowest BCUT2D eigenvalue weighted by Gasteiger charge is -2.21. The number of nitrogens with one attached hydrogen (secondary N) is 2. The highest BCUT2D eigenvalue weighted by Gasteiger charge is 2.29. The minimum absolute atomic E-state index is 0.0739. The maximum absolute atomic E-state index is 13.6. The molecule has 0 spiro atoms. The van der Waals surface area contributed by atoms with Crippen molar-refractivity contribution in [2.24, 2.45) is 0 Å². The van der Waals surface area contributed by atoms with Crippen LogP contribution in [0.5, 0.6) is 23.0 Å². The number of pyridine rings is 2. The Labute approximate surface area is 375 Å². The Morgan fingerprint density at radius 2 is 1.21 bits per heavy atom. The molecule has 2 N–H and O–H groups in total. The Balaban J connectivity index is 1.15. The van der Waals surface area contributed by atoms with E-state index in [1.807, 2.05) is 30.3 Å².